The summed E-state index contributed by atoms with van der Waals surface area (Å²) in [6.07, 6.45) is 6.45. The summed E-state index contributed by atoms with van der Waals surface area (Å²) in [6.45, 7) is 1.48. The van der Waals surface area contributed by atoms with Crippen LogP contribution in [0.3, 0.4) is 0 Å². The third-order valence-electron chi connectivity index (χ3n) is 4.55. The maximum Gasteiger partial charge on any atom is 0.331 e. The molecule has 0 aromatic carbocycles. The fraction of sp³-hybridized carbons (Fsp3) is 0.688. The topological polar surface area (TPSA) is 110 Å². The Morgan fingerprint density at radius 3 is 2.39 bits per heavy atom. The number of nitrogens with zero attached hydrogens (tertiary/aromatic N) is 1. The highest BCUT2D eigenvalue weighted by Crippen LogP contribution is 2.30. The zero-order valence-electron chi connectivity index (χ0n) is 13.1. The first kappa shape index (κ1) is 17.5. The molecule has 3 atom stereocenters. The number of carboxylic acid groups (broad SMARTS) is 1. The number of ether oxygens (including phenoxy) is 1. The van der Waals surface area contributed by atoms with Gasteiger partial charge in [0.15, 0.2) is 0 Å². The third kappa shape index (κ3) is 4.79. The van der Waals surface area contributed by atoms with Crippen molar-refractivity contribution in [3.05, 3.63) is 12.2 Å². The molecule has 3 N–H and O–H groups in total. The molecule has 1 saturated heterocycles. The van der Waals surface area contributed by atoms with Crippen LogP contribution in [0.5, 0.6) is 0 Å². The summed E-state index contributed by atoms with van der Waals surface area (Å²) >= 11 is 0. The number of rotatable bonds is 5. The van der Waals surface area contributed by atoms with Gasteiger partial charge in [-0.25, -0.2) is 9.59 Å². The number of aliphatic carboxylic acids is 1. The van der Waals surface area contributed by atoms with Crippen molar-refractivity contribution in [2.24, 2.45) is 11.7 Å². The lowest BCUT2D eigenvalue weighted by Gasteiger charge is -2.35. The second kappa shape index (κ2) is 8.10. The largest absolute Gasteiger partial charge is 0.478 e. The Hall–Kier alpha value is -1.89. The second-order valence-corrected chi connectivity index (χ2v) is 6.15. The molecule has 128 valence electrons. The van der Waals surface area contributed by atoms with Crippen molar-refractivity contribution in [2.75, 3.05) is 13.1 Å². The average molecular weight is 324 g/mol. The molecule has 7 nitrogen and oxygen atoms in total. The van der Waals surface area contributed by atoms with Crippen LogP contribution in [-0.4, -0.2) is 53.1 Å². The van der Waals surface area contributed by atoms with Gasteiger partial charge >= 0.3 is 11.9 Å². The molecule has 1 aliphatic carbocycles. The van der Waals surface area contributed by atoms with E-state index in [0.717, 1.165) is 57.3 Å². The van der Waals surface area contributed by atoms with Crippen LogP contribution in [0.4, 0.5) is 0 Å². The number of likely N-dealkylation sites (tertiary alicyclic amines) is 1. The fourth-order valence-electron chi connectivity index (χ4n) is 3.34. The Morgan fingerprint density at radius 2 is 1.74 bits per heavy atom. The van der Waals surface area contributed by atoms with Crippen molar-refractivity contribution >= 4 is 17.8 Å². The van der Waals surface area contributed by atoms with Gasteiger partial charge in [0, 0.05) is 31.2 Å². The SMILES string of the molecule is N[C@H](C(=O)N1CCCC1)[C@@H]1CCCC[C@@H]1OC(=O)C=CC(=O)O. The van der Waals surface area contributed by atoms with E-state index in [1.807, 2.05) is 0 Å². The van der Waals surface area contributed by atoms with Gasteiger partial charge < -0.3 is 20.5 Å². The van der Waals surface area contributed by atoms with E-state index in [-0.39, 0.29) is 11.8 Å². The van der Waals surface area contributed by atoms with E-state index in [1.54, 1.807) is 4.90 Å². The minimum atomic E-state index is -1.21. The molecule has 2 rings (SSSR count). The number of carbonyl (C=O) groups is 3. The molecule has 1 aliphatic heterocycles. The van der Waals surface area contributed by atoms with Gasteiger partial charge in [0.05, 0.1) is 6.04 Å². The molecule has 2 aliphatic rings. The van der Waals surface area contributed by atoms with Crippen LogP contribution >= 0.6 is 0 Å². The normalized spacial score (nSPS) is 26.2. The van der Waals surface area contributed by atoms with Crippen molar-refractivity contribution in [3.8, 4) is 0 Å². The number of hydrogen-bond donors (Lipinski definition) is 2. The van der Waals surface area contributed by atoms with Gasteiger partial charge in [-0.05, 0) is 32.1 Å². The molecular formula is C16H24N2O5. The number of carbonyl (C=O) groups excluding carboxylic acids is 2. The molecule has 1 amide bonds. The summed E-state index contributed by atoms with van der Waals surface area (Å²) in [5, 5.41) is 8.54. The van der Waals surface area contributed by atoms with Gasteiger partial charge in [0.2, 0.25) is 5.91 Å². The monoisotopic (exact) mass is 324 g/mol. The van der Waals surface area contributed by atoms with Crippen LogP contribution in [0.2, 0.25) is 0 Å². The zero-order chi connectivity index (χ0) is 16.8. The van der Waals surface area contributed by atoms with Gasteiger partial charge in [-0.1, -0.05) is 6.42 Å². The first-order valence-electron chi connectivity index (χ1n) is 8.15. The lowest BCUT2D eigenvalue weighted by atomic mass is 9.81. The van der Waals surface area contributed by atoms with Crippen LogP contribution in [0, 0.1) is 5.92 Å². The van der Waals surface area contributed by atoms with Crippen molar-refractivity contribution in [2.45, 2.75) is 50.7 Å². The minimum absolute atomic E-state index is 0.0727. The van der Waals surface area contributed by atoms with Crippen molar-refractivity contribution in [1.29, 1.82) is 0 Å². The lowest BCUT2D eigenvalue weighted by molar-refractivity contribution is -0.151. The van der Waals surface area contributed by atoms with Crippen molar-refractivity contribution in [3.63, 3.8) is 0 Å². The Bertz CT molecular complexity index is 485. The predicted octanol–water partition coefficient (Wildman–Crippen LogP) is 0.679. The molecule has 0 unspecified atom stereocenters. The summed E-state index contributed by atoms with van der Waals surface area (Å²) < 4.78 is 5.35. The van der Waals surface area contributed by atoms with Crippen LogP contribution in [0.15, 0.2) is 12.2 Å². The molecular weight excluding hydrogens is 300 g/mol. The maximum absolute atomic E-state index is 12.5. The summed E-state index contributed by atoms with van der Waals surface area (Å²) in [7, 11) is 0. The number of nitrogens with two attached hydrogens (primary N) is 1. The quantitative estimate of drug-likeness (QED) is 0.568. The molecule has 0 spiro atoms. The van der Waals surface area contributed by atoms with E-state index in [4.69, 9.17) is 15.6 Å². The summed E-state index contributed by atoms with van der Waals surface area (Å²) in [6, 6.07) is -0.672. The summed E-state index contributed by atoms with van der Waals surface area (Å²) in [5.41, 5.74) is 6.17. The highest BCUT2D eigenvalue weighted by atomic mass is 16.5. The molecule has 1 heterocycles. The highest BCUT2D eigenvalue weighted by Gasteiger charge is 2.37. The molecule has 1 saturated carbocycles. The third-order valence-corrected chi connectivity index (χ3v) is 4.55. The molecule has 7 heteroatoms. The number of amides is 1. The van der Waals surface area contributed by atoms with E-state index in [2.05, 4.69) is 0 Å². The minimum Gasteiger partial charge on any atom is -0.478 e. The summed E-state index contributed by atoms with van der Waals surface area (Å²) in [5.74, 6) is -2.19. The van der Waals surface area contributed by atoms with Gasteiger partial charge in [-0.3, -0.25) is 4.79 Å². The van der Waals surface area contributed by atoms with E-state index in [9.17, 15) is 14.4 Å². The van der Waals surface area contributed by atoms with Crippen molar-refractivity contribution in [1.82, 2.24) is 4.90 Å². The van der Waals surface area contributed by atoms with Gasteiger partial charge in [0.1, 0.15) is 6.10 Å². The highest BCUT2D eigenvalue weighted by molar-refractivity contribution is 5.90. The van der Waals surface area contributed by atoms with Crippen molar-refractivity contribution < 1.29 is 24.2 Å². The molecule has 0 aromatic rings. The van der Waals surface area contributed by atoms with E-state index in [1.165, 1.54) is 0 Å². The van der Waals surface area contributed by atoms with Gasteiger partial charge in [-0.15, -0.1) is 0 Å². The summed E-state index contributed by atoms with van der Waals surface area (Å²) in [4.78, 5) is 36.4. The second-order valence-electron chi connectivity index (χ2n) is 6.15. The van der Waals surface area contributed by atoms with Crippen LogP contribution in [-0.2, 0) is 19.1 Å². The Labute approximate surface area is 135 Å². The average Bonchev–Trinajstić information content (AvgIpc) is 3.06. The molecule has 0 bridgehead atoms. The number of carboxylic acids is 1. The van der Waals surface area contributed by atoms with Crippen LogP contribution in [0.1, 0.15) is 38.5 Å². The molecule has 23 heavy (non-hydrogen) atoms. The Kier molecular flexibility index (Phi) is 6.15. The number of hydrogen-bond acceptors (Lipinski definition) is 5. The lowest BCUT2D eigenvalue weighted by Crippen LogP contribution is -2.51. The van der Waals surface area contributed by atoms with Gasteiger partial charge in [0.25, 0.3) is 0 Å². The van der Waals surface area contributed by atoms with Gasteiger partial charge in [-0.2, -0.15) is 0 Å². The van der Waals surface area contributed by atoms with Crippen LogP contribution < -0.4 is 5.73 Å². The molecule has 0 aromatic heterocycles. The molecule has 2 fully saturated rings. The number of esters is 1. The zero-order valence-corrected chi connectivity index (χ0v) is 13.1. The Balaban J connectivity index is 1.98. The van der Waals surface area contributed by atoms with E-state index >= 15 is 0 Å². The smallest absolute Gasteiger partial charge is 0.331 e. The fourth-order valence-corrected chi connectivity index (χ4v) is 3.34. The maximum atomic E-state index is 12.5. The first-order chi connectivity index (χ1) is 11.0. The standard InChI is InChI=1S/C16H24N2O5/c17-15(16(22)18-9-3-4-10-18)11-5-1-2-6-12(11)23-14(21)8-7-13(19)20/h7-8,11-12,15H,1-6,9-10,17H2,(H,19,20)/t11-,12+,15+/m1/s1. The van der Waals surface area contributed by atoms with E-state index < -0.39 is 24.1 Å². The van der Waals surface area contributed by atoms with E-state index in [0.29, 0.717) is 6.42 Å². The predicted molar refractivity (Wildman–Crippen MR) is 82.4 cm³/mol. The molecule has 0 radical (unpaired) electrons. The van der Waals surface area contributed by atoms with Crippen LogP contribution in [0.25, 0.3) is 0 Å². The first-order valence-corrected chi connectivity index (χ1v) is 8.15. The Morgan fingerprint density at radius 1 is 1.09 bits per heavy atom.